The van der Waals surface area contributed by atoms with Crippen LogP contribution in [0.15, 0.2) is 72.4 Å². The summed E-state index contributed by atoms with van der Waals surface area (Å²) in [4.78, 5) is 22.4. The van der Waals surface area contributed by atoms with Gasteiger partial charge in [0.15, 0.2) is 0 Å². The Hall–Kier alpha value is -3.03. The third-order valence-corrected chi connectivity index (χ3v) is 4.68. The van der Waals surface area contributed by atoms with E-state index in [-0.39, 0.29) is 18.9 Å². The predicted molar refractivity (Wildman–Crippen MR) is 105 cm³/mol. The number of nitrogens with zero attached hydrogens (tertiary/aromatic N) is 1. The number of carbonyl (C=O) groups excluding carboxylic acids is 1. The van der Waals surface area contributed by atoms with Crippen LogP contribution in [0.4, 0.5) is 0 Å². The fraction of sp³-hybridized carbons (Fsp3) is 0.318. The SMILES string of the molecule is CC(=O)OC[C@H]1C([N+](=O)[O-])=C[C@@H](OCc2ccccc2)[C@@H]1OCc1ccccc1. The number of carbonyl (C=O) groups is 1. The highest BCUT2D eigenvalue weighted by Gasteiger charge is 2.46. The smallest absolute Gasteiger partial charge is 0.302 e. The summed E-state index contributed by atoms with van der Waals surface area (Å²) < 4.78 is 17.1. The summed E-state index contributed by atoms with van der Waals surface area (Å²) in [5, 5.41) is 11.6. The Morgan fingerprint density at radius 2 is 1.52 bits per heavy atom. The molecule has 0 radical (unpaired) electrons. The normalized spacial score (nSPS) is 20.9. The zero-order valence-corrected chi connectivity index (χ0v) is 16.1. The van der Waals surface area contributed by atoms with E-state index in [1.54, 1.807) is 0 Å². The lowest BCUT2D eigenvalue weighted by Crippen LogP contribution is -2.35. The largest absolute Gasteiger partial charge is 0.465 e. The van der Waals surface area contributed by atoms with Crippen LogP contribution in [0.25, 0.3) is 0 Å². The van der Waals surface area contributed by atoms with Crippen molar-refractivity contribution in [2.75, 3.05) is 6.61 Å². The minimum Gasteiger partial charge on any atom is -0.465 e. The summed E-state index contributed by atoms with van der Waals surface area (Å²) in [6.45, 7) is 1.70. The van der Waals surface area contributed by atoms with E-state index in [1.165, 1.54) is 13.0 Å². The molecule has 0 N–H and O–H groups in total. The van der Waals surface area contributed by atoms with E-state index in [9.17, 15) is 14.9 Å². The molecule has 3 atom stereocenters. The van der Waals surface area contributed by atoms with Crippen molar-refractivity contribution in [3.05, 3.63) is 93.7 Å². The van der Waals surface area contributed by atoms with E-state index in [0.29, 0.717) is 6.61 Å². The van der Waals surface area contributed by atoms with Crippen molar-refractivity contribution >= 4 is 5.97 Å². The summed E-state index contributed by atoms with van der Waals surface area (Å²) >= 11 is 0. The summed E-state index contributed by atoms with van der Waals surface area (Å²) in [5.74, 6) is -1.21. The van der Waals surface area contributed by atoms with Crippen molar-refractivity contribution in [1.29, 1.82) is 0 Å². The molecule has 0 unspecified atom stereocenters. The molecule has 0 fully saturated rings. The van der Waals surface area contributed by atoms with E-state index < -0.39 is 29.0 Å². The highest BCUT2D eigenvalue weighted by atomic mass is 16.6. The summed E-state index contributed by atoms with van der Waals surface area (Å²) in [6, 6.07) is 19.1. The average Bonchev–Trinajstić information content (AvgIpc) is 3.08. The maximum atomic E-state index is 11.6. The Morgan fingerprint density at radius 1 is 0.966 bits per heavy atom. The Kier molecular flexibility index (Phi) is 7.10. The van der Waals surface area contributed by atoms with Crippen molar-refractivity contribution in [2.45, 2.75) is 32.3 Å². The fourth-order valence-electron chi connectivity index (χ4n) is 3.25. The maximum absolute atomic E-state index is 11.6. The average molecular weight is 397 g/mol. The van der Waals surface area contributed by atoms with Crippen LogP contribution in [0.5, 0.6) is 0 Å². The predicted octanol–water partition coefficient (Wildman–Crippen LogP) is 3.51. The van der Waals surface area contributed by atoms with Crippen LogP contribution >= 0.6 is 0 Å². The fourth-order valence-corrected chi connectivity index (χ4v) is 3.25. The van der Waals surface area contributed by atoms with Gasteiger partial charge in [0.05, 0.1) is 18.1 Å². The second-order valence-corrected chi connectivity index (χ2v) is 6.78. The van der Waals surface area contributed by atoms with Gasteiger partial charge in [0, 0.05) is 13.0 Å². The molecule has 0 amide bonds. The lowest BCUT2D eigenvalue weighted by molar-refractivity contribution is -0.434. The quantitative estimate of drug-likeness (QED) is 0.366. The van der Waals surface area contributed by atoms with Gasteiger partial charge in [-0.25, -0.2) is 0 Å². The molecule has 152 valence electrons. The second-order valence-electron chi connectivity index (χ2n) is 6.78. The number of ether oxygens (including phenoxy) is 3. The molecular weight excluding hydrogens is 374 g/mol. The van der Waals surface area contributed by atoms with Crippen molar-refractivity contribution in [2.24, 2.45) is 5.92 Å². The molecule has 0 aromatic heterocycles. The zero-order valence-electron chi connectivity index (χ0n) is 16.1. The first-order valence-electron chi connectivity index (χ1n) is 9.35. The number of esters is 1. The van der Waals surface area contributed by atoms with Gasteiger partial charge in [0.2, 0.25) is 0 Å². The van der Waals surface area contributed by atoms with Crippen LogP contribution < -0.4 is 0 Å². The second kappa shape index (κ2) is 9.95. The van der Waals surface area contributed by atoms with Gasteiger partial charge in [-0.15, -0.1) is 0 Å². The van der Waals surface area contributed by atoms with Crippen molar-refractivity contribution in [3.63, 3.8) is 0 Å². The maximum Gasteiger partial charge on any atom is 0.302 e. The Bertz CT molecular complexity index is 852. The van der Waals surface area contributed by atoms with Crippen molar-refractivity contribution in [3.8, 4) is 0 Å². The Balaban J connectivity index is 1.76. The Labute approximate surface area is 169 Å². The lowest BCUT2D eigenvalue weighted by Gasteiger charge is -2.25. The highest BCUT2D eigenvalue weighted by molar-refractivity contribution is 5.65. The molecule has 29 heavy (non-hydrogen) atoms. The van der Waals surface area contributed by atoms with Gasteiger partial charge in [0.25, 0.3) is 5.70 Å². The number of nitro groups is 1. The van der Waals surface area contributed by atoms with Gasteiger partial charge in [-0.05, 0) is 11.1 Å². The summed E-state index contributed by atoms with van der Waals surface area (Å²) in [7, 11) is 0. The van der Waals surface area contributed by atoms with Gasteiger partial charge in [0.1, 0.15) is 24.7 Å². The van der Waals surface area contributed by atoms with Gasteiger partial charge < -0.3 is 14.2 Å². The number of hydrogen-bond donors (Lipinski definition) is 0. The van der Waals surface area contributed by atoms with Gasteiger partial charge in [-0.2, -0.15) is 0 Å². The molecule has 0 saturated carbocycles. The topological polar surface area (TPSA) is 87.9 Å². The Morgan fingerprint density at radius 3 is 2.03 bits per heavy atom. The standard InChI is InChI=1S/C22H23NO6/c1-16(24)27-15-19-20(23(25)26)12-21(28-13-17-8-4-2-5-9-17)22(19)29-14-18-10-6-3-7-11-18/h2-12,19,21-22H,13-15H2,1H3/t19-,21+,22+/m0/s1. The third kappa shape index (κ3) is 5.73. The van der Waals surface area contributed by atoms with E-state index in [2.05, 4.69) is 0 Å². The molecule has 7 nitrogen and oxygen atoms in total. The monoisotopic (exact) mass is 397 g/mol. The first kappa shape index (κ1) is 20.7. The summed E-state index contributed by atoms with van der Waals surface area (Å²) in [5.41, 5.74) is 1.84. The van der Waals surface area contributed by atoms with Crippen LogP contribution in [-0.4, -0.2) is 29.7 Å². The first-order valence-corrected chi connectivity index (χ1v) is 9.35. The van der Waals surface area contributed by atoms with Gasteiger partial charge in [-0.1, -0.05) is 60.7 Å². The van der Waals surface area contributed by atoms with Crippen LogP contribution in [0, 0.1) is 16.0 Å². The van der Waals surface area contributed by atoms with Gasteiger partial charge >= 0.3 is 5.97 Å². The minimum absolute atomic E-state index is 0.0534. The minimum atomic E-state index is -0.710. The van der Waals surface area contributed by atoms with Gasteiger partial charge in [-0.3, -0.25) is 14.9 Å². The third-order valence-electron chi connectivity index (χ3n) is 4.68. The molecular formula is C22H23NO6. The van der Waals surface area contributed by atoms with E-state index in [1.807, 2.05) is 60.7 Å². The van der Waals surface area contributed by atoms with Crippen molar-refractivity contribution < 1.29 is 23.9 Å². The molecule has 3 rings (SSSR count). The van der Waals surface area contributed by atoms with E-state index in [4.69, 9.17) is 14.2 Å². The first-order chi connectivity index (χ1) is 14.0. The number of hydrogen-bond acceptors (Lipinski definition) is 6. The van der Waals surface area contributed by atoms with Crippen LogP contribution in [0.1, 0.15) is 18.1 Å². The zero-order chi connectivity index (χ0) is 20.6. The van der Waals surface area contributed by atoms with Crippen LogP contribution in [-0.2, 0) is 32.2 Å². The molecule has 0 bridgehead atoms. The molecule has 2 aromatic rings. The number of benzene rings is 2. The molecule has 2 aromatic carbocycles. The van der Waals surface area contributed by atoms with E-state index in [0.717, 1.165) is 11.1 Å². The molecule has 0 saturated heterocycles. The molecule has 1 aliphatic rings. The number of rotatable bonds is 9. The lowest BCUT2D eigenvalue weighted by atomic mass is 10.0. The highest BCUT2D eigenvalue weighted by Crippen LogP contribution is 2.33. The molecule has 1 aliphatic carbocycles. The summed E-state index contributed by atoms with van der Waals surface area (Å²) in [6.07, 6.45) is 0.200. The van der Waals surface area contributed by atoms with Crippen molar-refractivity contribution in [1.82, 2.24) is 0 Å². The molecule has 0 aliphatic heterocycles. The van der Waals surface area contributed by atoms with Crippen LogP contribution in [0.3, 0.4) is 0 Å². The van der Waals surface area contributed by atoms with Crippen LogP contribution in [0.2, 0.25) is 0 Å². The molecule has 0 heterocycles. The molecule has 7 heteroatoms. The molecule has 0 spiro atoms. The van der Waals surface area contributed by atoms with E-state index >= 15 is 0 Å².